The molecule has 2 rings (SSSR count). The Labute approximate surface area is 152 Å². The van der Waals surface area contributed by atoms with E-state index in [4.69, 9.17) is 0 Å². The molecule has 4 nitrogen and oxygen atoms in total. The molecule has 0 radical (unpaired) electrons. The normalized spacial score (nSPS) is 9.22. The van der Waals surface area contributed by atoms with Gasteiger partial charge in [0.15, 0.2) is 0 Å². The van der Waals surface area contributed by atoms with Gasteiger partial charge in [-0.1, -0.05) is 24.3 Å². The Morgan fingerprint density at radius 2 is 0.957 bits per heavy atom. The van der Waals surface area contributed by atoms with Gasteiger partial charge >= 0.3 is 23.1 Å². The molecule has 0 saturated carbocycles. The van der Waals surface area contributed by atoms with Gasteiger partial charge in [-0.3, -0.25) is 0 Å². The summed E-state index contributed by atoms with van der Waals surface area (Å²) in [7, 11) is 0. The number of carboxylic acid groups (broad SMARTS) is 2. The Kier molecular flexibility index (Phi) is 8.57. The van der Waals surface area contributed by atoms with Crippen molar-refractivity contribution in [2.24, 2.45) is 0 Å². The van der Waals surface area contributed by atoms with Crippen molar-refractivity contribution in [3.63, 3.8) is 0 Å². The number of aromatic carboxylic acids is 2. The van der Waals surface area contributed by atoms with Gasteiger partial charge < -0.3 is 19.8 Å². The zero-order valence-electron chi connectivity index (χ0n) is 13.8. The third-order valence-corrected chi connectivity index (χ3v) is 3.49. The van der Waals surface area contributed by atoms with Gasteiger partial charge in [0.2, 0.25) is 0 Å². The van der Waals surface area contributed by atoms with Crippen molar-refractivity contribution in [3.05, 3.63) is 69.8 Å². The molecular weight excluding hydrogens is 304 g/mol. The minimum Gasteiger partial charge on any atom is -0.545 e. The summed E-state index contributed by atoms with van der Waals surface area (Å²) in [5, 5.41) is 20.7. The molecule has 2 aromatic carbocycles. The first-order chi connectivity index (χ1) is 10.2. The Hall–Kier alpha value is -1.85. The van der Waals surface area contributed by atoms with Crippen molar-refractivity contribution in [1.29, 1.82) is 0 Å². The summed E-state index contributed by atoms with van der Waals surface area (Å²) in [6.45, 7) is 7.63. The summed E-state index contributed by atoms with van der Waals surface area (Å²) in [4.78, 5) is 20.7. The second kappa shape index (κ2) is 9.32. The number of aryl methyl sites for hydroxylation is 4. The van der Waals surface area contributed by atoms with E-state index in [1.165, 1.54) is 0 Å². The molecule has 0 N–H and O–H groups in total. The summed E-state index contributed by atoms with van der Waals surface area (Å²) in [5.74, 6) is -2.23. The van der Waals surface area contributed by atoms with Crippen LogP contribution in [0.3, 0.4) is 0 Å². The van der Waals surface area contributed by atoms with E-state index in [-0.39, 0.29) is 34.2 Å². The summed E-state index contributed by atoms with van der Waals surface area (Å²) >= 11 is 0. The Balaban J connectivity index is 0.000000403. The van der Waals surface area contributed by atoms with Crippen LogP contribution in [0.15, 0.2) is 36.4 Å². The zero-order chi connectivity index (χ0) is 16.9. The predicted octanol–water partition coefficient (Wildman–Crippen LogP) is 0.953. The number of carbonyl (C=O) groups excluding carboxylic acids is 2. The molecule has 0 unspecified atom stereocenters. The Morgan fingerprint density at radius 3 is 1.17 bits per heavy atom. The maximum absolute atomic E-state index is 10.4. The van der Waals surface area contributed by atoms with Crippen LogP contribution in [0.1, 0.15) is 43.0 Å². The Morgan fingerprint density at radius 1 is 0.652 bits per heavy atom. The zero-order valence-corrected chi connectivity index (χ0v) is 15.2. The summed E-state index contributed by atoms with van der Waals surface area (Å²) in [6, 6.07) is 9.89. The molecule has 0 aliphatic rings. The monoisotopic (exact) mass is 322 g/mol. The fourth-order valence-electron chi connectivity index (χ4n) is 1.74. The molecule has 0 bridgehead atoms. The van der Waals surface area contributed by atoms with Crippen LogP contribution in [0.4, 0.5) is 0 Å². The largest absolute Gasteiger partial charge is 2.00 e. The number of hydrogen-bond donors (Lipinski definition) is 0. The number of carboxylic acids is 2. The van der Waals surface area contributed by atoms with Crippen LogP contribution < -0.4 is 10.2 Å². The van der Waals surface area contributed by atoms with Crippen LogP contribution in [-0.2, 0) is 0 Å². The molecule has 0 spiro atoms. The van der Waals surface area contributed by atoms with Gasteiger partial charge in [0.25, 0.3) is 0 Å². The quantitative estimate of drug-likeness (QED) is 0.771. The standard InChI is InChI=1S/2C9H10O2.Mg/c2*1-6-3-4-8(9(10)11)5-7(6)2;/h2*3-5H,1-2H3,(H,10,11);/q;;+2/p-2. The van der Waals surface area contributed by atoms with Crippen LogP contribution >= 0.6 is 0 Å². The predicted molar refractivity (Wildman–Crippen MR) is 86.2 cm³/mol. The molecule has 0 fully saturated rings. The molecule has 2 aromatic rings. The van der Waals surface area contributed by atoms with Crippen LogP contribution in [-0.4, -0.2) is 35.0 Å². The van der Waals surface area contributed by atoms with E-state index in [9.17, 15) is 19.8 Å². The summed E-state index contributed by atoms with van der Waals surface area (Å²) in [6.07, 6.45) is 0. The first kappa shape index (κ1) is 21.1. The molecule has 0 amide bonds. The molecule has 5 heteroatoms. The summed E-state index contributed by atoms with van der Waals surface area (Å²) < 4.78 is 0. The van der Waals surface area contributed by atoms with Gasteiger partial charge in [0, 0.05) is 0 Å². The topological polar surface area (TPSA) is 80.3 Å². The number of hydrogen-bond acceptors (Lipinski definition) is 4. The van der Waals surface area contributed by atoms with Gasteiger partial charge in [0.05, 0.1) is 11.9 Å². The molecular formula is C18H18MgO4. The molecule has 0 aliphatic carbocycles. The minimum atomic E-state index is -1.12. The van der Waals surface area contributed by atoms with Gasteiger partial charge in [-0.25, -0.2) is 0 Å². The molecule has 0 atom stereocenters. The van der Waals surface area contributed by atoms with Crippen LogP contribution in [0.2, 0.25) is 0 Å². The van der Waals surface area contributed by atoms with Crippen molar-refractivity contribution in [3.8, 4) is 0 Å². The van der Waals surface area contributed by atoms with Crippen molar-refractivity contribution >= 4 is 35.0 Å². The first-order valence-electron chi connectivity index (χ1n) is 6.79. The van der Waals surface area contributed by atoms with E-state index in [0.29, 0.717) is 0 Å². The smallest absolute Gasteiger partial charge is 0.545 e. The van der Waals surface area contributed by atoms with Crippen LogP contribution in [0, 0.1) is 27.7 Å². The maximum atomic E-state index is 10.4. The molecule has 0 heterocycles. The van der Waals surface area contributed by atoms with Gasteiger partial charge in [-0.2, -0.15) is 0 Å². The molecule has 0 saturated heterocycles. The second-order valence-electron chi connectivity index (χ2n) is 5.17. The fourth-order valence-corrected chi connectivity index (χ4v) is 1.74. The number of rotatable bonds is 2. The average molecular weight is 323 g/mol. The number of benzene rings is 2. The first-order valence-corrected chi connectivity index (χ1v) is 6.79. The second-order valence-corrected chi connectivity index (χ2v) is 5.17. The molecule has 23 heavy (non-hydrogen) atoms. The Bertz CT molecular complexity index is 647. The van der Waals surface area contributed by atoms with E-state index in [1.54, 1.807) is 36.4 Å². The van der Waals surface area contributed by atoms with Crippen molar-refractivity contribution in [2.75, 3.05) is 0 Å². The van der Waals surface area contributed by atoms with E-state index in [0.717, 1.165) is 22.3 Å². The minimum absolute atomic E-state index is 0. The maximum Gasteiger partial charge on any atom is 2.00 e. The van der Waals surface area contributed by atoms with Gasteiger partial charge in [-0.15, -0.1) is 0 Å². The molecule has 116 valence electrons. The molecule has 0 aliphatic heterocycles. The fraction of sp³-hybridized carbons (Fsp3) is 0.222. The molecule has 0 aromatic heterocycles. The van der Waals surface area contributed by atoms with E-state index < -0.39 is 11.9 Å². The van der Waals surface area contributed by atoms with E-state index >= 15 is 0 Å². The number of carbonyl (C=O) groups is 2. The van der Waals surface area contributed by atoms with Crippen molar-refractivity contribution in [2.45, 2.75) is 27.7 Å². The third kappa shape index (κ3) is 6.42. The van der Waals surface area contributed by atoms with E-state index in [1.807, 2.05) is 27.7 Å². The summed E-state index contributed by atoms with van der Waals surface area (Å²) in [5.41, 5.74) is 4.63. The van der Waals surface area contributed by atoms with Gasteiger partial charge in [-0.05, 0) is 73.2 Å². The van der Waals surface area contributed by atoms with Gasteiger partial charge in [0.1, 0.15) is 0 Å². The SMILES string of the molecule is Cc1ccc(C(=O)[O-])cc1C.Cc1ccc(C(=O)[O-])cc1C.[Mg+2]. The average Bonchev–Trinajstić information content (AvgIpc) is 2.45. The van der Waals surface area contributed by atoms with E-state index in [2.05, 4.69) is 0 Å². The van der Waals surface area contributed by atoms with Crippen LogP contribution in [0.25, 0.3) is 0 Å². The van der Waals surface area contributed by atoms with Crippen molar-refractivity contribution in [1.82, 2.24) is 0 Å². The van der Waals surface area contributed by atoms with Crippen molar-refractivity contribution < 1.29 is 19.8 Å². The third-order valence-electron chi connectivity index (χ3n) is 3.49. The van der Waals surface area contributed by atoms with Crippen LogP contribution in [0.5, 0.6) is 0 Å².